The molecule has 8 rings (SSSR count). The molecule has 0 fully saturated rings. The third-order valence-electron chi connectivity index (χ3n) is 11.2. The van der Waals surface area contributed by atoms with Crippen LogP contribution in [0.2, 0.25) is 0 Å². The highest BCUT2D eigenvalue weighted by Gasteiger charge is 2.16. The first kappa shape index (κ1) is 37.7. The molecule has 0 unspecified atom stereocenters. The molecule has 0 atom stereocenters. The molecule has 0 radical (unpaired) electrons. The standard InChI is InChI=1S/C56H48N2/c1-7-19-51-49(10-4)47(8-2)48(9-3)50(11-5)52(51)34-35-57(45-24-17-20-39(6)36-45)44-31-28-41(29-32-44)43-30-33-56-54(38-43)53-26-15-16-27-55(53)58(56)46-25-18-23-42(37-46)40-21-13-12-14-22-40/h7-34,36-38H,2-4,35H2,1,5-6H3/b19-7-,50-11-,52-34+. The Morgan fingerprint density at radius 3 is 1.88 bits per heavy atom. The number of allylic oxidation sites excluding steroid dienone is 1. The first-order valence-corrected chi connectivity index (χ1v) is 20.0. The Labute approximate surface area is 342 Å². The van der Waals surface area contributed by atoms with E-state index in [1.165, 1.54) is 49.6 Å². The zero-order chi connectivity index (χ0) is 40.2. The van der Waals surface area contributed by atoms with Gasteiger partial charge in [-0.3, -0.25) is 0 Å². The van der Waals surface area contributed by atoms with Crippen molar-refractivity contribution in [3.05, 3.63) is 210 Å². The van der Waals surface area contributed by atoms with Crippen LogP contribution in [0, 0.1) is 6.92 Å². The molecule has 2 nitrogen and oxygen atoms in total. The van der Waals surface area contributed by atoms with Gasteiger partial charge in [0.1, 0.15) is 0 Å². The minimum atomic E-state index is 0.658. The van der Waals surface area contributed by atoms with E-state index >= 15 is 0 Å². The highest BCUT2D eigenvalue weighted by Crippen LogP contribution is 2.37. The smallest absolute Gasteiger partial charge is 0.0541 e. The number of para-hydroxylation sites is 1. The Morgan fingerprint density at radius 2 is 1.16 bits per heavy atom. The lowest BCUT2D eigenvalue weighted by Gasteiger charge is -2.25. The van der Waals surface area contributed by atoms with Crippen LogP contribution >= 0.6 is 0 Å². The Hall–Kier alpha value is -7.16. The fourth-order valence-corrected chi connectivity index (χ4v) is 8.47. The second-order valence-corrected chi connectivity index (χ2v) is 14.6. The van der Waals surface area contributed by atoms with Crippen LogP contribution < -0.4 is 15.3 Å². The average molecular weight is 749 g/mol. The van der Waals surface area contributed by atoms with Crippen LogP contribution in [-0.4, -0.2) is 11.1 Å². The molecule has 0 saturated carbocycles. The van der Waals surface area contributed by atoms with E-state index in [-0.39, 0.29) is 0 Å². The third kappa shape index (κ3) is 6.95. The van der Waals surface area contributed by atoms with Crippen LogP contribution in [-0.2, 0) is 0 Å². The molecule has 1 aromatic heterocycles. The maximum Gasteiger partial charge on any atom is 0.0541 e. The summed E-state index contributed by atoms with van der Waals surface area (Å²) in [7, 11) is 0. The topological polar surface area (TPSA) is 8.17 Å². The van der Waals surface area contributed by atoms with Crippen LogP contribution in [0.25, 0.3) is 86.2 Å². The quantitative estimate of drug-likeness (QED) is 0.128. The number of rotatable bonds is 11. The number of benzene rings is 7. The maximum absolute atomic E-state index is 4.20. The van der Waals surface area contributed by atoms with Gasteiger partial charge >= 0.3 is 0 Å². The first-order valence-electron chi connectivity index (χ1n) is 20.0. The molecular weight excluding hydrogens is 701 g/mol. The summed E-state index contributed by atoms with van der Waals surface area (Å²) in [6.07, 6.45) is 14.6. The lowest BCUT2D eigenvalue weighted by molar-refractivity contribution is 1.12. The monoisotopic (exact) mass is 748 g/mol. The molecule has 8 aromatic rings. The first-order chi connectivity index (χ1) is 28.5. The summed E-state index contributed by atoms with van der Waals surface area (Å²) in [5.74, 6) is 0. The number of hydrogen-bond donors (Lipinski definition) is 0. The van der Waals surface area contributed by atoms with Gasteiger partial charge in [0.15, 0.2) is 0 Å². The molecule has 0 amide bonds. The van der Waals surface area contributed by atoms with Gasteiger partial charge in [-0.2, -0.15) is 0 Å². The van der Waals surface area contributed by atoms with Crippen molar-refractivity contribution in [3.8, 4) is 27.9 Å². The van der Waals surface area contributed by atoms with Crippen LogP contribution in [0.4, 0.5) is 11.4 Å². The second kappa shape index (κ2) is 16.5. The van der Waals surface area contributed by atoms with Crippen molar-refractivity contribution < 1.29 is 0 Å². The van der Waals surface area contributed by atoms with Crippen molar-refractivity contribution in [2.24, 2.45) is 0 Å². The summed E-state index contributed by atoms with van der Waals surface area (Å²) in [4.78, 5) is 2.39. The van der Waals surface area contributed by atoms with Gasteiger partial charge in [-0.05, 0) is 136 Å². The zero-order valence-corrected chi connectivity index (χ0v) is 33.6. The number of nitrogens with zero attached hydrogens (tertiary/aromatic N) is 2. The molecule has 1 heterocycles. The molecule has 0 aliphatic carbocycles. The number of anilines is 2. The van der Waals surface area contributed by atoms with Gasteiger partial charge in [0.05, 0.1) is 11.0 Å². The number of aryl methyl sites for hydroxylation is 1. The molecule has 2 heteroatoms. The van der Waals surface area contributed by atoms with E-state index < -0.39 is 0 Å². The van der Waals surface area contributed by atoms with Crippen molar-refractivity contribution in [2.45, 2.75) is 20.8 Å². The van der Waals surface area contributed by atoms with Crippen LogP contribution in [0.5, 0.6) is 0 Å². The summed E-state index contributed by atoms with van der Waals surface area (Å²) >= 11 is 0. The van der Waals surface area contributed by atoms with E-state index in [2.05, 4.69) is 220 Å². The highest BCUT2D eigenvalue weighted by molar-refractivity contribution is 6.10. The summed E-state index contributed by atoms with van der Waals surface area (Å²) < 4.78 is 2.39. The fourth-order valence-electron chi connectivity index (χ4n) is 8.47. The summed E-state index contributed by atoms with van der Waals surface area (Å²) in [6, 6.07) is 52.8. The van der Waals surface area contributed by atoms with Crippen LogP contribution in [0.15, 0.2) is 171 Å². The predicted molar refractivity (Wildman–Crippen MR) is 255 cm³/mol. The molecule has 0 aliphatic heterocycles. The fraction of sp³-hybridized carbons (Fsp3) is 0.0714. The second-order valence-electron chi connectivity index (χ2n) is 14.6. The normalized spacial score (nSPS) is 12.1. The lowest BCUT2D eigenvalue weighted by Crippen LogP contribution is -2.34. The SMILES string of the molecule is C=Cc1c(C=C)c(/C=C\C)c(=C/CN(c2ccc(-c3ccc4c(c3)c3ccccc3n4-c3cccc(-c4ccccc4)c3)cc2)c2cccc(C)c2)/c(=C\C)c1C=C. The van der Waals surface area contributed by atoms with Crippen molar-refractivity contribution >= 4 is 69.6 Å². The van der Waals surface area contributed by atoms with Gasteiger partial charge in [-0.15, -0.1) is 0 Å². The van der Waals surface area contributed by atoms with Crippen LogP contribution in [0.1, 0.15) is 41.7 Å². The Bertz CT molecular complexity index is 2990. The van der Waals surface area contributed by atoms with Gasteiger partial charge in [0.2, 0.25) is 0 Å². The van der Waals surface area contributed by atoms with E-state index in [4.69, 9.17) is 0 Å². The maximum atomic E-state index is 4.20. The highest BCUT2D eigenvalue weighted by atomic mass is 15.1. The molecule has 0 aliphatic rings. The number of hydrogen-bond acceptors (Lipinski definition) is 1. The van der Waals surface area contributed by atoms with Crippen molar-refractivity contribution in [2.75, 3.05) is 11.4 Å². The predicted octanol–water partition coefficient (Wildman–Crippen LogP) is 13.8. The van der Waals surface area contributed by atoms with E-state index in [0.29, 0.717) is 6.54 Å². The van der Waals surface area contributed by atoms with Crippen molar-refractivity contribution in [3.63, 3.8) is 0 Å². The molecular formula is C56H48N2. The summed E-state index contributed by atoms with van der Waals surface area (Å²) in [6.45, 7) is 19.5. The molecule has 0 spiro atoms. The minimum absolute atomic E-state index is 0.658. The summed E-state index contributed by atoms with van der Waals surface area (Å²) in [5.41, 5.74) is 16.1. The van der Waals surface area contributed by atoms with Crippen molar-refractivity contribution in [1.82, 2.24) is 4.57 Å². The van der Waals surface area contributed by atoms with Gasteiger partial charge in [-0.1, -0.05) is 153 Å². The minimum Gasteiger partial charge on any atom is -0.338 e. The van der Waals surface area contributed by atoms with E-state index in [9.17, 15) is 0 Å². The molecule has 282 valence electrons. The van der Waals surface area contributed by atoms with E-state index in [1.54, 1.807) is 0 Å². The van der Waals surface area contributed by atoms with Crippen molar-refractivity contribution in [1.29, 1.82) is 0 Å². The Morgan fingerprint density at radius 1 is 0.517 bits per heavy atom. The molecule has 7 aromatic carbocycles. The molecule has 58 heavy (non-hydrogen) atoms. The van der Waals surface area contributed by atoms with Gasteiger partial charge in [0.25, 0.3) is 0 Å². The third-order valence-corrected chi connectivity index (χ3v) is 11.2. The van der Waals surface area contributed by atoms with Crippen LogP contribution in [0.3, 0.4) is 0 Å². The number of aromatic nitrogens is 1. The Kier molecular flexibility index (Phi) is 10.7. The number of fused-ring (bicyclic) bond motifs is 3. The lowest BCUT2D eigenvalue weighted by atomic mass is 9.90. The average Bonchev–Trinajstić information content (AvgIpc) is 3.60. The van der Waals surface area contributed by atoms with Gasteiger partial charge in [-0.25, -0.2) is 0 Å². The van der Waals surface area contributed by atoms with Gasteiger partial charge < -0.3 is 9.47 Å². The molecule has 0 N–H and O–H groups in total. The van der Waals surface area contributed by atoms with E-state index in [1.807, 2.05) is 18.2 Å². The Balaban J connectivity index is 1.21. The van der Waals surface area contributed by atoms with Gasteiger partial charge in [0, 0.05) is 34.4 Å². The van der Waals surface area contributed by atoms with E-state index in [0.717, 1.165) is 49.8 Å². The zero-order valence-electron chi connectivity index (χ0n) is 33.6. The largest absolute Gasteiger partial charge is 0.338 e. The molecule has 0 saturated heterocycles. The summed E-state index contributed by atoms with van der Waals surface area (Å²) in [5, 5.41) is 4.77. The molecule has 0 bridgehead atoms.